The highest BCUT2D eigenvalue weighted by Gasteiger charge is 2.23. The Morgan fingerprint density at radius 1 is 0.500 bits per heavy atom. The van der Waals surface area contributed by atoms with Crippen molar-refractivity contribution in [3.05, 3.63) is 36.5 Å². The summed E-state index contributed by atoms with van der Waals surface area (Å²) in [6.07, 6.45) is 65.5. The van der Waals surface area contributed by atoms with Crippen molar-refractivity contribution in [2.24, 2.45) is 0 Å². The fourth-order valence-corrected chi connectivity index (χ4v) is 9.42. The minimum absolute atomic E-state index is 0.00504. The number of rotatable bonds is 54. The second-order valence-electron chi connectivity index (χ2n) is 21.3. The number of nitrogens with one attached hydrogen (secondary N) is 1. The van der Waals surface area contributed by atoms with Crippen molar-refractivity contribution in [2.75, 3.05) is 40.9 Å². The van der Waals surface area contributed by atoms with Gasteiger partial charge in [0, 0.05) is 6.42 Å². The third-order valence-electron chi connectivity index (χ3n) is 13.3. The molecule has 0 aromatic carbocycles. The minimum atomic E-state index is -4.60. The van der Waals surface area contributed by atoms with Crippen molar-refractivity contribution in [1.29, 1.82) is 0 Å². The second-order valence-corrected chi connectivity index (χ2v) is 22.8. The number of carbonyl (C=O) groups is 1. The molecule has 0 bridgehead atoms. The summed E-state index contributed by atoms with van der Waals surface area (Å²) in [5, 5.41) is 13.8. The van der Waals surface area contributed by atoms with Crippen LogP contribution >= 0.6 is 7.82 Å². The number of allylic oxidation sites excluding steroid dienone is 5. The number of unbranched alkanes of at least 4 members (excludes halogenated alkanes) is 37. The van der Waals surface area contributed by atoms with Gasteiger partial charge in [0.2, 0.25) is 5.91 Å². The van der Waals surface area contributed by atoms with Gasteiger partial charge in [0.15, 0.2) is 0 Å². The standard InChI is InChI=1S/C59H115N2O6P/c1-6-8-10-12-14-16-18-19-20-21-22-23-24-25-26-27-28-29-30-31-32-33-34-35-36-37-38-39-40-41-43-45-47-49-51-53-59(63)60-57(56-67-68(64,65)66-55-54-61(3,4)5)58(62)52-50-48-46-44-42-17-15-13-11-9-7-2/h21-22,42,44,50,52,57-58,62H,6-20,23-41,43,45-49,51,53-56H2,1-5H3,(H-,60,63,64,65)/b22-21-,44-42+,52-50+. The summed E-state index contributed by atoms with van der Waals surface area (Å²) >= 11 is 0. The van der Waals surface area contributed by atoms with Crippen LogP contribution in [0.1, 0.15) is 284 Å². The molecule has 0 spiro atoms. The van der Waals surface area contributed by atoms with Crippen molar-refractivity contribution in [2.45, 2.75) is 296 Å². The fourth-order valence-electron chi connectivity index (χ4n) is 8.70. The summed E-state index contributed by atoms with van der Waals surface area (Å²) in [7, 11) is 1.25. The van der Waals surface area contributed by atoms with E-state index in [2.05, 4.69) is 43.5 Å². The van der Waals surface area contributed by atoms with Gasteiger partial charge in [0.05, 0.1) is 39.9 Å². The van der Waals surface area contributed by atoms with Gasteiger partial charge in [-0.25, -0.2) is 0 Å². The van der Waals surface area contributed by atoms with Crippen LogP contribution in [-0.4, -0.2) is 68.5 Å². The molecule has 0 aliphatic carbocycles. The molecule has 9 heteroatoms. The van der Waals surface area contributed by atoms with Gasteiger partial charge in [-0.1, -0.05) is 256 Å². The Kier molecular flexibility index (Phi) is 49.7. The first kappa shape index (κ1) is 66.7. The quantitative estimate of drug-likeness (QED) is 0.0272. The van der Waals surface area contributed by atoms with E-state index in [1.165, 1.54) is 225 Å². The highest BCUT2D eigenvalue weighted by molar-refractivity contribution is 7.45. The molecule has 1 amide bonds. The van der Waals surface area contributed by atoms with Crippen molar-refractivity contribution < 1.29 is 32.9 Å². The van der Waals surface area contributed by atoms with Crippen LogP contribution in [-0.2, 0) is 18.4 Å². The van der Waals surface area contributed by atoms with Gasteiger partial charge in [-0.3, -0.25) is 9.36 Å². The van der Waals surface area contributed by atoms with Gasteiger partial charge >= 0.3 is 0 Å². The molecule has 0 heterocycles. The van der Waals surface area contributed by atoms with Crippen molar-refractivity contribution >= 4 is 13.7 Å². The highest BCUT2D eigenvalue weighted by Crippen LogP contribution is 2.38. The number of carbonyl (C=O) groups excluding carboxylic acids is 1. The lowest BCUT2D eigenvalue weighted by Gasteiger charge is -2.29. The van der Waals surface area contributed by atoms with E-state index in [9.17, 15) is 19.4 Å². The molecular weight excluding hydrogens is 864 g/mol. The first-order chi connectivity index (χ1) is 33.0. The summed E-state index contributed by atoms with van der Waals surface area (Å²) in [4.78, 5) is 25.4. The molecular formula is C59H115N2O6P. The lowest BCUT2D eigenvalue weighted by atomic mass is 10.0. The van der Waals surface area contributed by atoms with E-state index in [1.807, 2.05) is 27.2 Å². The number of hydrogen-bond acceptors (Lipinski definition) is 6. The van der Waals surface area contributed by atoms with Gasteiger partial charge in [0.25, 0.3) is 7.82 Å². The van der Waals surface area contributed by atoms with Gasteiger partial charge in [-0.15, -0.1) is 0 Å². The Morgan fingerprint density at radius 2 is 0.824 bits per heavy atom. The number of nitrogens with zero attached hydrogens (tertiary/aromatic N) is 1. The molecule has 2 N–H and O–H groups in total. The number of phosphoric ester groups is 1. The zero-order valence-electron chi connectivity index (χ0n) is 45.8. The average Bonchev–Trinajstić information content (AvgIpc) is 3.30. The predicted octanol–water partition coefficient (Wildman–Crippen LogP) is 17.1. The molecule has 3 unspecified atom stereocenters. The second kappa shape index (κ2) is 50.7. The van der Waals surface area contributed by atoms with Gasteiger partial charge in [-0.2, -0.15) is 0 Å². The topological polar surface area (TPSA) is 108 Å². The summed E-state index contributed by atoms with van der Waals surface area (Å²) in [5.74, 6) is -0.204. The summed E-state index contributed by atoms with van der Waals surface area (Å²) in [5.41, 5.74) is 0. The predicted molar refractivity (Wildman–Crippen MR) is 293 cm³/mol. The zero-order chi connectivity index (χ0) is 49.9. The van der Waals surface area contributed by atoms with Crippen LogP contribution in [0.4, 0.5) is 0 Å². The monoisotopic (exact) mass is 979 g/mol. The fraction of sp³-hybridized carbons (Fsp3) is 0.881. The maximum Gasteiger partial charge on any atom is 0.268 e. The third kappa shape index (κ3) is 52.5. The third-order valence-corrected chi connectivity index (χ3v) is 14.3. The molecule has 0 fully saturated rings. The van der Waals surface area contributed by atoms with E-state index in [0.717, 1.165) is 38.5 Å². The van der Waals surface area contributed by atoms with Crippen LogP contribution in [0.3, 0.4) is 0 Å². The molecule has 0 aliphatic heterocycles. The Hall–Kier alpha value is -1.28. The highest BCUT2D eigenvalue weighted by atomic mass is 31.2. The average molecular weight is 980 g/mol. The number of aliphatic hydroxyl groups is 1. The maximum absolute atomic E-state index is 12.9. The smallest absolute Gasteiger partial charge is 0.268 e. The van der Waals surface area contributed by atoms with Crippen LogP contribution in [0.2, 0.25) is 0 Å². The lowest BCUT2D eigenvalue weighted by Crippen LogP contribution is -2.45. The van der Waals surface area contributed by atoms with Crippen LogP contribution in [0.5, 0.6) is 0 Å². The molecule has 0 saturated carbocycles. The number of quaternary nitrogens is 1. The summed E-state index contributed by atoms with van der Waals surface area (Å²) in [6.45, 7) is 4.62. The Balaban J connectivity index is 3.91. The Morgan fingerprint density at radius 3 is 1.19 bits per heavy atom. The van der Waals surface area contributed by atoms with Gasteiger partial charge < -0.3 is 28.8 Å². The SMILES string of the molecule is CCCCCCC/C=C/CC/C=C/C(O)C(COP(=O)([O-])OCC[N+](C)(C)C)NC(=O)CCCCCCCCCCCCCCCCCCCCCCCCC/C=C\CCCCCCCCCC. The van der Waals surface area contributed by atoms with Crippen LogP contribution in [0.15, 0.2) is 36.5 Å². The molecule has 0 saturated heterocycles. The van der Waals surface area contributed by atoms with E-state index in [1.54, 1.807) is 6.08 Å². The van der Waals surface area contributed by atoms with E-state index >= 15 is 0 Å². The first-order valence-electron chi connectivity index (χ1n) is 29.4. The van der Waals surface area contributed by atoms with Gasteiger partial charge in [-0.05, 0) is 57.8 Å². The molecule has 8 nitrogen and oxygen atoms in total. The van der Waals surface area contributed by atoms with Crippen molar-refractivity contribution in [3.63, 3.8) is 0 Å². The Labute approximate surface area is 423 Å². The van der Waals surface area contributed by atoms with E-state index in [-0.39, 0.29) is 19.1 Å². The largest absolute Gasteiger partial charge is 0.756 e. The van der Waals surface area contributed by atoms with E-state index < -0.39 is 20.0 Å². The molecule has 0 radical (unpaired) electrons. The number of likely N-dealkylation sites (N-methyl/N-ethyl adjacent to an activating group) is 1. The molecule has 402 valence electrons. The lowest BCUT2D eigenvalue weighted by molar-refractivity contribution is -0.870. The number of amides is 1. The number of aliphatic hydroxyl groups excluding tert-OH is 1. The molecule has 0 aromatic heterocycles. The molecule has 68 heavy (non-hydrogen) atoms. The first-order valence-corrected chi connectivity index (χ1v) is 30.8. The number of hydrogen-bond donors (Lipinski definition) is 2. The minimum Gasteiger partial charge on any atom is -0.756 e. The molecule has 0 aromatic rings. The van der Waals surface area contributed by atoms with Crippen LogP contribution < -0.4 is 10.2 Å². The van der Waals surface area contributed by atoms with Crippen molar-refractivity contribution in [1.82, 2.24) is 5.32 Å². The Bertz CT molecular complexity index is 1200. The van der Waals surface area contributed by atoms with E-state index in [0.29, 0.717) is 17.4 Å². The van der Waals surface area contributed by atoms with Crippen LogP contribution in [0.25, 0.3) is 0 Å². The molecule has 3 atom stereocenters. The van der Waals surface area contributed by atoms with Crippen LogP contribution in [0, 0.1) is 0 Å². The maximum atomic E-state index is 12.9. The van der Waals surface area contributed by atoms with E-state index in [4.69, 9.17) is 9.05 Å². The molecule has 0 rings (SSSR count). The van der Waals surface area contributed by atoms with Crippen molar-refractivity contribution in [3.8, 4) is 0 Å². The summed E-state index contributed by atoms with van der Waals surface area (Å²) < 4.78 is 23.2. The van der Waals surface area contributed by atoms with Gasteiger partial charge in [0.1, 0.15) is 13.2 Å². The molecule has 0 aliphatic rings. The summed E-state index contributed by atoms with van der Waals surface area (Å²) in [6, 6.07) is -0.900. The zero-order valence-corrected chi connectivity index (χ0v) is 46.7. The normalized spacial score (nSPS) is 14.2. The number of phosphoric acid groups is 1.